The van der Waals surface area contributed by atoms with Crippen molar-refractivity contribution < 1.29 is 32.3 Å². The Morgan fingerprint density at radius 3 is 0.780 bits per heavy atom. The maximum Gasteiger partial charge on any atom is 0.647 e. The lowest BCUT2D eigenvalue weighted by Crippen LogP contribution is -2.13. The van der Waals surface area contributed by atoms with Gasteiger partial charge in [0.2, 0.25) is 0 Å². The molecule has 8 heteroatoms. The molecule has 0 heterocycles. The molecule has 0 aliphatic carbocycles. The van der Waals surface area contributed by atoms with Crippen LogP contribution in [-0.2, 0) is 62.9 Å². The largest absolute Gasteiger partial charge is 0.647 e. The van der Waals surface area contributed by atoms with Crippen molar-refractivity contribution in [1.29, 1.82) is 0 Å². The van der Waals surface area contributed by atoms with Crippen molar-refractivity contribution in [2.75, 3.05) is 0 Å². The number of hydrogen-bond donors (Lipinski definition) is 0. The summed E-state index contributed by atoms with van der Waals surface area (Å²) in [5, 5.41) is 0. The van der Waals surface area contributed by atoms with Crippen LogP contribution in [-0.4, -0.2) is 0 Å². The Morgan fingerprint density at radius 1 is 0.322 bits per heavy atom. The molecule has 59 heavy (non-hydrogen) atoms. The van der Waals surface area contributed by atoms with E-state index in [0.717, 1.165) is 67.3 Å². The fourth-order valence-corrected chi connectivity index (χ4v) is 8.91. The SMILES string of the molecule is CCc1c(OCc2ccccc2)ccc(OP(=O)(Oc2ccc(OCc3ccccc3)c(CC)c2CC)Oc2ccc(OCc3ccccc3)c(CC)c2CC)c1CC. The minimum absolute atomic E-state index is 0.424. The average molecular weight is 813 g/mol. The van der Waals surface area contributed by atoms with E-state index in [-0.39, 0.29) is 0 Å². The molecule has 0 radical (unpaired) electrons. The maximum absolute atomic E-state index is 15.6. The minimum Gasteiger partial charge on any atom is -0.489 e. The summed E-state index contributed by atoms with van der Waals surface area (Å²) in [5.74, 6) is 3.55. The highest BCUT2D eigenvalue weighted by Crippen LogP contribution is 2.54. The summed E-state index contributed by atoms with van der Waals surface area (Å²) in [4.78, 5) is 0. The first-order valence-electron chi connectivity index (χ1n) is 21.0. The van der Waals surface area contributed by atoms with Crippen molar-refractivity contribution in [2.45, 2.75) is 99.9 Å². The average Bonchev–Trinajstić information content (AvgIpc) is 3.27. The molecule has 0 atom stereocenters. The van der Waals surface area contributed by atoms with E-state index in [0.29, 0.717) is 75.6 Å². The second-order valence-electron chi connectivity index (χ2n) is 14.2. The van der Waals surface area contributed by atoms with Crippen LogP contribution < -0.4 is 27.8 Å². The Hall–Kier alpha value is -5.65. The minimum atomic E-state index is -4.45. The summed E-state index contributed by atoms with van der Waals surface area (Å²) in [6.45, 7) is 13.7. The lowest BCUT2D eigenvalue weighted by molar-refractivity contribution is 0.287. The summed E-state index contributed by atoms with van der Waals surface area (Å²) in [6, 6.07) is 41.4. The molecule has 0 saturated carbocycles. The van der Waals surface area contributed by atoms with Crippen LogP contribution in [0.2, 0.25) is 0 Å². The van der Waals surface area contributed by atoms with Gasteiger partial charge in [0, 0.05) is 33.4 Å². The highest BCUT2D eigenvalue weighted by Gasteiger charge is 2.37. The molecule has 0 saturated heterocycles. The van der Waals surface area contributed by atoms with E-state index in [1.54, 1.807) is 0 Å². The molecular weight excluding hydrogens is 756 g/mol. The zero-order valence-electron chi connectivity index (χ0n) is 35.3. The van der Waals surface area contributed by atoms with Crippen LogP contribution in [0.3, 0.4) is 0 Å². The number of hydrogen-bond acceptors (Lipinski definition) is 7. The highest BCUT2D eigenvalue weighted by atomic mass is 31.2. The van der Waals surface area contributed by atoms with Crippen LogP contribution in [0.1, 0.15) is 91.6 Å². The van der Waals surface area contributed by atoms with Crippen molar-refractivity contribution in [1.82, 2.24) is 0 Å². The fourth-order valence-electron chi connectivity index (χ4n) is 7.56. The molecule has 7 nitrogen and oxygen atoms in total. The normalized spacial score (nSPS) is 11.2. The zero-order chi connectivity index (χ0) is 41.6. The molecule has 0 aromatic heterocycles. The Morgan fingerprint density at radius 2 is 0.542 bits per heavy atom. The monoisotopic (exact) mass is 812 g/mol. The zero-order valence-corrected chi connectivity index (χ0v) is 36.2. The van der Waals surface area contributed by atoms with E-state index in [1.165, 1.54) is 0 Å². The van der Waals surface area contributed by atoms with Crippen LogP contribution in [0.5, 0.6) is 34.5 Å². The number of phosphoric acid groups is 1. The third-order valence-corrected chi connectivity index (χ3v) is 11.8. The lowest BCUT2D eigenvalue weighted by atomic mass is 10.0. The molecule has 0 aliphatic heterocycles. The lowest BCUT2D eigenvalue weighted by Gasteiger charge is -2.26. The fraction of sp³-hybridized carbons (Fsp3) is 0.294. The maximum atomic E-state index is 15.6. The molecule has 0 fully saturated rings. The van der Waals surface area contributed by atoms with Gasteiger partial charge in [-0.1, -0.05) is 133 Å². The van der Waals surface area contributed by atoms with Crippen molar-refractivity contribution in [2.24, 2.45) is 0 Å². The number of ether oxygens (including phenoxy) is 3. The van der Waals surface area contributed by atoms with E-state index in [9.17, 15) is 0 Å². The molecule has 6 rings (SSSR count). The Kier molecular flexibility index (Phi) is 15.2. The molecule has 6 aromatic carbocycles. The van der Waals surface area contributed by atoms with Gasteiger partial charge in [-0.25, -0.2) is 0 Å². The summed E-state index contributed by atoms with van der Waals surface area (Å²) in [5.41, 5.74) is 8.82. The Balaban J connectivity index is 1.38. The van der Waals surface area contributed by atoms with Crippen molar-refractivity contribution in [3.05, 3.63) is 177 Å². The van der Waals surface area contributed by atoms with Gasteiger partial charge in [-0.2, -0.15) is 4.57 Å². The second-order valence-corrected chi connectivity index (χ2v) is 15.7. The first kappa shape index (κ1) is 42.9. The first-order valence-corrected chi connectivity index (χ1v) is 22.4. The van der Waals surface area contributed by atoms with Gasteiger partial charge in [0.05, 0.1) is 0 Å². The van der Waals surface area contributed by atoms with E-state index < -0.39 is 7.82 Å². The van der Waals surface area contributed by atoms with E-state index in [1.807, 2.05) is 127 Å². The molecule has 6 aromatic rings. The van der Waals surface area contributed by atoms with Gasteiger partial charge in [0.15, 0.2) is 0 Å². The van der Waals surface area contributed by atoms with Crippen molar-refractivity contribution in [3.8, 4) is 34.5 Å². The number of benzene rings is 6. The van der Waals surface area contributed by atoms with Gasteiger partial charge in [0.25, 0.3) is 0 Å². The van der Waals surface area contributed by atoms with Crippen molar-refractivity contribution >= 4 is 7.82 Å². The van der Waals surface area contributed by atoms with Gasteiger partial charge in [-0.15, -0.1) is 0 Å². The third-order valence-electron chi connectivity index (χ3n) is 10.5. The molecule has 308 valence electrons. The van der Waals surface area contributed by atoms with Crippen LogP contribution in [0.4, 0.5) is 0 Å². The molecule has 0 bridgehead atoms. The topological polar surface area (TPSA) is 72.5 Å². The predicted molar refractivity (Wildman–Crippen MR) is 237 cm³/mol. The molecule has 0 N–H and O–H groups in total. The van der Waals surface area contributed by atoms with E-state index in [2.05, 4.69) is 41.5 Å². The van der Waals surface area contributed by atoms with Crippen LogP contribution in [0.25, 0.3) is 0 Å². The van der Waals surface area contributed by atoms with E-state index in [4.69, 9.17) is 27.8 Å². The summed E-state index contributed by atoms with van der Waals surface area (Å²) < 4.78 is 54.4. The Bertz CT molecular complexity index is 2050. The van der Waals surface area contributed by atoms with Gasteiger partial charge in [-0.05, 0) is 91.6 Å². The van der Waals surface area contributed by atoms with Crippen molar-refractivity contribution in [3.63, 3.8) is 0 Å². The predicted octanol–water partition coefficient (Wildman–Crippen LogP) is 13.4. The molecule has 0 unspecified atom stereocenters. The molecule has 0 amide bonds. The van der Waals surface area contributed by atoms with Crippen LogP contribution in [0.15, 0.2) is 127 Å². The smallest absolute Gasteiger partial charge is 0.489 e. The third kappa shape index (κ3) is 10.7. The quantitative estimate of drug-likeness (QED) is 0.0670. The summed E-state index contributed by atoms with van der Waals surface area (Å²) in [6.07, 6.45) is 3.90. The summed E-state index contributed by atoms with van der Waals surface area (Å²) in [7, 11) is -4.45. The van der Waals surface area contributed by atoms with Gasteiger partial charge < -0.3 is 27.8 Å². The number of rotatable bonds is 21. The Labute approximate surface area is 350 Å². The summed E-state index contributed by atoms with van der Waals surface area (Å²) >= 11 is 0. The standard InChI is InChI=1S/C51H57O7P/c1-7-40-43(10-4)49(31-28-46(40)53-34-37-22-16-13-17-23-37)56-59(52,57-50-32-29-47(41(8-2)44(50)11-5)54-35-38-24-18-14-19-25-38)58-51-33-30-48(42(9-3)45(51)12-6)55-36-39-26-20-15-21-27-39/h13-33H,7-12,34-36H2,1-6H3. The van der Waals surface area contributed by atoms with Gasteiger partial charge >= 0.3 is 7.82 Å². The first-order chi connectivity index (χ1) is 28.8. The van der Waals surface area contributed by atoms with Gasteiger partial charge in [0.1, 0.15) is 54.3 Å². The van der Waals surface area contributed by atoms with E-state index >= 15 is 4.57 Å². The number of phosphoric ester groups is 1. The molecule has 0 spiro atoms. The second kappa shape index (κ2) is 20.9. The van der Waals surface area contributed by atoms with Crippen LogP contribution >= 0.6 is 7.82 Å². The highest BCUT2D eigenvalue weighted by molar-refractivity contribution is 7.49. The molecular formula is C51H57O7P. The molecule has 0 aliphatic rings. The van der Waals surface area contributed by atoms with Gasteiger partial charge in [-0.3, -0.25) is 0 Å². The van der Waals surface area contributed by atoms with Crippen LogP contribution in [0, 0.1) is 0 Å².